The zero-order chi connectivity index (χ0) is 13.9. The van der Waals surface area contributed by atoms with Crippen molar-refractivity contribution < 1.29 is 0 Å². The van der Waals surface area contributed by atoms with Crippen LogP contribution in [0.4, 0.5) is 0 Å². The third kappa shape index (κ3) is 2.31. The van der Waals surface area contributed by atoms with Gasteiger partial charge in [0.1, 0.15) is 0 Å². The minimum absolute atomic E-state index is 0.636. The van der Waals surface area contributed by atoms with Crippen LogP contribution >= 0.6 is 11.3 Å². The second kappa shape index (κ2) is 5.24. The van der Waals surface area contributed by atoms with Crippen molar-refractivity contribution in [3.8, 4) is 28.6 Å². The third-order valence-electron chi connectivity index (χ3n) is 3.00. The fourth-order valence-electron chi connectivity index (χ4n) is 2.00. The van der Waals surface area contributed by atoms with Crippen LogP contribution in [-0.4, -0.2) is 9.97 Å². The van der Waals surface area contributed by atoms with Crippen LogP contribution in [0.15, 0.2) is 48.0 Å². The number of rotatable bonds is 2. The number of nitrogens with zero attached hydrogens (tertiary/aromatic N) is 3. The molecular weight excluding hydrogens is 266 g/mol. The van der Waals surface area contributed by atoms with E-state index in [1.807, 2.05) is 42.6 Å². The topological polar surface area (TPSA) is 49.6 Å². The normalized spacial score (nSPS) is 10.2. The molecule has 1 aromatic carbocycles. The summed E-state index contributed by atoms with van der Waals surface area (Å²) < 4.78 is 0. The molecule has 4 heteroatoms. The largest absolute Gasteiger partial charge is 0.256 e. The zero-order valence-corrected chi connectivity index (χ0v) is 11.7. The molecule has 0 amide bonds. The number of hydrogen-bond acceptors (Lipinski definition) is 4. The number of aromatic nitrogens is 2. The van der Waals surface area contributed by atoms with E-state index in [9.17, 15) is 0 Å². The number of hydrogen-bond donors (Lipinski definition) is 0. The van der Waals surface area contributed by atoms with Gasteiger partial charge in [0.05, 0.1) is 28.0 Å². The molecule has 0 fully saturated rings. The van der Waals surface area contributed by atoms with Crippen molar-refractivity contribution >= 4 is 11.3 Å². The molecule has 3 nitrogen and oxygen atoms in total. The molecule has 0 saturated heterocycles. The van der Waals surface area contributed by atoms with Gasteiger partial charge in [-0.15, -0.1) is 11.3 Å². The van der Waals surface area contributed by atoms with E-state index in [0.717, 1.165) is 27.5 Å². The first-order valence-electron chi connectivity index (χ1n) is 6.16. The highest BCUT2D eigenvalue weighted by atomic mass is 32.1. The van der Waals surface area contributed by atoms with Gasteiger partial charge in [0.25, 0.3) is 0 Å². The first kappa shape index (κ1) is 12.5. The van der Waals surface area contributed by atoms with Crippen molar-refractivity contribution in [1.82, 2.24) is 9.97 Å². The summed E-state index contributed by atoms with van der Waals surface area (Å²) in [6, 6.07) is 13.6. The molecular formula is C16H11N3S. The molecule has 2 heterocycles. The Labute approximate surface area is 121 Å². The summed E-state index contributed by atoms with van der Waals surface area (Å²) in [6.45, 7) is 1.99. The SMILES string of the molecule is Cc1nc(-c2ccc(-c3ccccc3C#N)nc2)cs1. The van der Waals surface area contributed by atoms with Crippen LogP contribution in [0.2, 0.25) is 0 Å². The molecule has 96 valence electrons. The van der Waals surface area contributed by atoms with E-state index in [4.69, 9.17) is 5.26 Å². The van der Waals surface area contributed by atoms with E-state index >= 15 is 0 Å². The van der Waals surface area contributed by atoms with Gasteiger partial charge in [-0.25, -0.2) is 4.98 Å². The molecule has 0 unspecified atom stereocenters. The van der Waals surface area contributed by atoms with Gasteiger partial charge in [-0.3, -0.25) is 4.98 Å². The minimum atomic E-state index is 0.636. The molecule has 2 aromatic heterocycles. The van der Waals surface area contributed by atoms with Crippen molar-refractivity contribution in [2.75, 3.05) is 0 Å². The second-order valence-corrected chi connectivity index (χ2v) is 5.40. The van der Waals surface area contributed by atoms with Crippen LogP contribution in [0, 0.1) is 18.3 Å². The molecule has 0 radical (unpaired) electrons. The van der Waals surface area contributed by atoms with Crippen LogP contribution in [0.25, 0.3) is 22.5 Å². The summed E-state index contributed by atoms with van der Waals surface area (Å²) in [5, 5.41) is 12.2. The predicted molar refractivity (Wildman–Crippen MR) is 80.2 cm³/mol. The van der Waals surface area contributed by atoms with Crippen molar-refractivity contribution in [2.45, 2.75) is 6.92 Å². The standard InChI is InChI=1S/C16H11N3S/c1-11-19-16(10-20-11)13-6-7-15(18-9-13)14-5-3-2-4-12(14)8-17/h2-7,9-10H,1H3. The van der Waals surface area contributed by atoms with Crippen molar-refractivity contribution in [3.63, 3.8) is 0 Å². The Kier molecular flexibility index (Phi) is 3.28. The molecule has 0 spiro atoms. The van der Waals surface area contributed by atoms with Gasteiger partial charge in [-0.05, 0) is 25.1 Å². The highest BCUT2D eigenvalue weighted by Crippen LogP contribution is 2.25. The number of benzene rings is 1. The third-order valence-corrected chi connectivity index (χ3v) is 3.78. The monoisotopic (exact) mass is 277 g/mol. The zero-order valence-electron chi connectivity index (χ0n) is 10.9. The second-order valence-electron chi connectivity index (χ2n) is 4.34. The molecule has 0 aliphatic carbocycles. The fraction of sp³-hybridized carbons (Fsp3) is 0.0625. The first-order valence-corrected chi connectivity index (χ1v) is 7.04. The molecule has 0 atom stereocenters. The maximum Gasteiger partial charge on any atom is 0.0998 e. The number of aryl methyl sites for hydroxylation is 1. The van der Waals surface area contributed by atoms with Crippen LogP contribution in [-0.2, 0) is 0 Å². The molecule has 0 saturated carbocycles. The summed E-state index contributed by atoms with van der Waals surface area (Å²) in [6.07, 6.45) is 1.80. The Bertz CT molecular complexity index is 782. The van der Waals surface area contributed by atoms with Crippen LogP contribution < -0.4 is 0 Å². The Balaban J connectivity index is 2.00. The molecule has 20 heavy (non-hydrogen) atoms. The lowest BCUT2D eigenvalue weighted by Gasteiger charge is -2.04. The van der Waals surface area contributed by atoms with Gasteiger partial charge in [0, 0.05) is 22.7 Å². The van der Waals surface area contributed by atoms with Gasteiger partial charge < -0.3 is 0 Å². The van der Waals surface area contributed by atoms with E-state index in [1.165, 1.54) is 0 Å². The highest BCUT2D eigenvalue weighted by Gasteiger charge is 2.07. The maximum absolute atomic E-state index is 9.13. The number of nitriles is 1. The summed E-state index contributed by atoms with van der Waals surface area (Å²) in [5.41, 5.74) is 4.23. The number of pyridine rings is 1. The first-order chi connectivity index (χ1) is 9.78. The molecule has 0 bridgehead atoms. The predicted octanol–water partition coefficient (Wildman–Crippen LogP) is 4.05. The molecule has 0 aliphatic rings. The van der Waals surface area contributed by atoms with Crippen molar-refractivity contribution in [1.29, 1.82) is 5.26 Å². The van der Waals surface area contributed by atoms with Crippen LogP contribution in [0.3, 0.4) is 0 Å². The van der Waals surface area contributed by atoms with Gasteiger partial charge in [0.2, 0.25) is 0 Å². The summed E-state index contributed by atoms with van der Waals surface area (Å²) >= 11 is 1.62. The van der Waals surface area contributed by atoms with E-state index in [1.54, 1.807) is 23.6 Å². The average Bonchev–Trinajstić information content (AvgIpc) is 2.94. The van der Waals surface area contributed by atoms with E-state index < -0.39 is 0 Å². The lowest BCUT2D eigenvalue weighted by atomic mass is 10.0. The molecule has 0 N–H and O–H groups in total. The summed E-state index contributed by atoms with van der Waals surface area (Å²) in [4.78, 5) is 8.90. The Hall–Kier alpha value is -2.51. The van der Waals surface area contributed by atoms with E-state index in [-0.39, 0.29) is 0 Å². The number of thiazole rings is 1. The smallest absolute Gasteiger partial charge is 0.0998 e. The molecule has 0 aliphatic heterocycles. The Morgan fingerprint density at radius 3 is 2.60 bits per heavy atom. The quantitative estimate of drug-likeness (QED) is 0.710. The average molecular weight is 277 g/mol. The minimum Gasteiger partial charge on any atom is -0.256 e. The van der Waals surface area contributed by atoms with Gasteiger partial charge >= 0.3 is 0 Å². The van der Waals surface area contributed by atoms with Gasteiger partial charge in [-0.2, -0.15) is 5.26 Å². The maximum atomic E-state index is 9.13. The lowest BCUT2D eigenvalue weighted by molar-refractivity contribution is 1.27. The highest BCUT2D eigenvalue weighted by molar-refractivity contribution is 7.09. The molecule has 3 rings (SSSR count). The Morgan fingerprint density at radius 2 is 1.95 bits per heavy atom. The van der Waals surface area contributed by atoms with Gasteiger partial charge in [0.15, 0.2) is 0 Å². The van der Waals surface area contributed by atoms with Crippen LogP contribution in [0.1, 0.15) is 10.6 Å². The molecule has 3 aromatic rings. The van der Waals surface area contributed by atoms with Crippen LogP contribution in [0.5, 0.6) is 0 Å². The van der Waals surface area contributed by atoms with E-state index in [2.05, 4.69) is 16.0 Å². The summed E-state index contributed by atoms with van der Waals surface area (Å²) in [5.74, 6) is 0. The van der Waals surface area contributed by atoms with Crippen molar-refractivity contribution in [2.24, 2.45) is 0 Å². The fourth-order valence-corrected chi connectivity index (χ4v) is 2.63. The van der Waals surface area contributed by atoms with E-state index in [0.29, 0.717) is 5.56 Å². The Morgan fingerprint density at radius 1 is 1.10 bits per heavy atom. The van der Waals surface area contributed by atoms with Crippen molar-refractivity contribution in [3.05, 3.63) is 58.5 Å². The lowest BCUT2D eigenvalue weighted by Crippen LogP contribution is -1.88. The van der Waals surface area contributed by atoms with Gasteiger partial charge in [-0.1, -0.05) is 18.2 Å². The summed E-state index contributed by atoms with van der Waals surface area (Å²) in [7, 11) is 0.